The number of sulfone groups is 1. The minimum Gasteiger partial charge on any atom is -0.314 e. The molecule has 3 atom stereocenters. The number of nitrogens with one attached hydrogen (secondary N) is 1. The SMILES string of the molecule is CC1(C)C(CNC2CC2)C12CCCC2S(C)(=O)=O. The third-order valence-corrected chi connectivity index (χ3v) is 7.64. The van der Waals surface area contributed by atoms with Crippen LogP contribution in [0.25, 0.3) is 0 Å². The molecule has 3 rings (SSSR count). The Morgan fingerprint density at radius 1 is 1.22 bits per heavy atom. The summed E-state index contributed by atoms with van der Waals surface area (Å²) in [7, 11) is -2.90. The van der Waals surface area contributed by atoms with Crippen molar-refractivity contribution in [2.24, 2.45) is 16.7 Å². The van der Waals surface area contributed by atoms with Crippen LogP contribution in [-0.2, 0) is 9.84 Å². The van der Waals surface area contributed by atoms with Crippen molar-refractivity contribution in [3.05, 3.63) is 0 Å². The fourth-order valence-electron chi connectivity index (χ4n) is 4.74. The fourth-order valence-corrected chi connectivity index (χ4v) is 6.69. The second kappa shape index (κ2) is 3.72. The molecule has 1 spiro atoms. The zero-order chi connectivity index (χ0) is 13.2. The molecule has 0 bridgehead atoms. The van der Waals surface area contributed by atoms with Gasteiger partial charge in [-0.3, -0.25) is 0 Å². The first-order valence-corrected chi connectivity index (χ1v) is 9.18. The van der Waals surface area contributed by atoms with Gasteiger partial charge >= 0.3 is 0 Å². The first-order valence-electron chi connectivity index (χ1n) is 7.22. The summed E-state index contributed by atoms with van der Waals surface area (Å²) in [6, 6.07) is 0.719. The molecule has 0 aromatic rings. The van der Waals surface area contributed by atoms with Crippen LogP contribution in [0, 0.1) is 16.7 Å². The van der Waals surface area contributed by atoms with Gasteiger partial charge in [0.05, 0.1) is 5.25 Å². The summed E-state index contributed by atoms with van der Waals surface area (Å²) in [5.74, 6) is 0.549. The maximum Gasteiger partial charge on any atom is 0.150 e. The summed E-state index contributed by atoms with van der Waals surface area (Å²) in [5, 5.41) is 3.51. The van der Waals surface area contributed by atoms with Crippen LogP contribution in [0.3, 0.4) is 0 Å². The number of rotatable bonds is 4. The normalized spacial score (nSPS) is 42.4. The van der Waals surface area contributed by atoms with Crippen LogP contribution in [0.1, 0.15) is 46.0 Å². The lowest BCUT2D eigenvalue weighted by atomic mass is 9.94. The molecule has 18 heavy (non-hydrogen) atoms. The molecule has 3 unspecified atom stereocenters. The molecule has 3 nitrogen and oxygen atoms in total. The highest BCUT2D eigenvalue weighted by molar-refractivity contribution is 7.91. The Morgan fingerprint density at radius 2 is 1.89 bits per heavy atom. The maximum atomic E-state index is 12.1. The molecule has 0 amide bonds. The summed E-state index contributed by atoms with van der Waals surface area (Å²) in [4.78, 5) is 0. The predicted octanol–water partition coefficient (Wildman–Crippen LogP) is 1.98. The Hall–Kier alpha value is -0.0900. The molecular weight excluding hydrogens is 246 g/mol. The van der Waals surface area contributed by atoms with Crippen LogP contribution in [0.15, 0.2) is 0 Å². The standard InChI is InChI=1S/C14H25NO2S/c1-13(2)11(9-15-10-6-7-10)14(13)8-4-5-12(14)18(3,16)17/h10-12,15H,4-9H2,1-3H3. The maximum absolute atomic E-state index is 12.1. The van der Waals surface area contributed by atoms with Gasteiger partial charge in [0, 0.05) is 12.3 Å². The third kappa shape index (κ3) is 1.68. The molecule has 3 aliphatic carbocycles. The van der Waals surface area contributed by atoms with Crippen molar-refractivity contribution in [3.63, 3.8) is 0 Å². The van der Waals surface area contributed by atoms with Crippen LogP contribution in [-0.4, -0.2) is 32.5 Å². The van der Waals surface area contributed by atoms with Gasteiger partial charge in [-0.15, -0.1) is 0 Å². The summed E-state index contributed by atoms with van der Waals surface area (Å²) in [6.45, 7) is 5.56. The van der Waals surface area contributed by atoms with E-state index in [1.165, 1.54) is 19.1 Å². The van der Waals surface area contributed by atoms with Crippen molar-refractivity contribution in [1.82, 2.24) is 5.32 Å². The summed E-state index contributed by atoms with van der Waals surface area (Å²) < 4.78 is 24.1. The van der Waals surface area contributed by atoms with Gasteiger partial charge in [-0.2, -0.15) is 0 Å². The molecule has 0 radical (unpaired) electrons. The average Bonchev–Trinajstić information content (AvgIpc) is 3.03. The van der Waals surface area contributed by atoms with Crippen LogP contribution in [0.2, 0.25) is 0 Å². The average molecular weight is 271 g/mol. The lowest BCUT2D eigenvalue weighted by Crippen LogP contribution is -2.31. The van der Waals surface area contributed by atoms with Gasteiger partial charge in [-0.25, -0.2) is 8.42 Å². The summed E-state index contributed by atoms with van der Waals surface area (Å²) in [6.07, 6.45) is 7.11. The lowest BCUT2D eigenvalue weighted by molar-refractivity contribution is 0.388. The van der Waals surface area contributed by atoms with E-state index in [1.54, 1.807) is 0 Å². The van der Waals surface area contributed by atoms with E-state index < -0.39 is 9.84 Å². The van der Waals surface area contributed by atoms with Crippen molar-refractivity contribution in [2.45, 2.75) is 57.2 Å². The van der Waals surface area contributed by atoms with Crippen LogP contribution >= 0.6 is 0 Å². The van der Waals surface area contributed by atoms with E-state index in [0.717, 1.165) is 31.8 Å². The Bertz CT molecular complexity index is 452. The Balaban J connectivity index is 1.80. The van der Waals surface area contributed by atoms with E-state index in [4.69, 9.17) is 0 Å². The molecule has 4 heteroatoms. The van der Waals surface area contributed by atoms with Crippen LogP contribution in [0.4, 0.5) is 0 Å². The van der Waals surface area contributed by atoms with Gasteiger partial charge in [-0.05, 0) is 49.0 Å². The lowest BCUT2D eigenvalue weighted by Gasteiger charge is -2.21. The minimum atomic E-state index is -2.90. The van der Waals surface area contributed by atoms with E-state index in [-0.39, 0.29) is 16.1 Å². The van der Waals surface area contributed by atoms with Gasteiger partial charge in [0.25, 0.3) is 0 Å². The van der Waals surface area contributed by atoms with Gasteiger partial charge in [0.2, 0.25) is 0 Å². The predicted molar refractivity (Wildman–Crippen MR) is 73.2 cm³/mol. The Morgan fingerprint density at radius 3 is 2.44 bits per heavy atom. The molecule has 0 saturated heterocycles. The zero-order valence-electron chi connectivity index (χ0n) is 11.7. The van der Waals surface area contributed by atoms with Crippen molar-refractivity contribution >= 4 is 9.84 Å². The molecule has 0 heterocycles. The summed E-state index contributed by atoms with van der Waals surface area (Å²) in [5.41, 5.74) is 0.265. The van der Waals surface area contributed by atoms with Crippen molar-refractivity contribution in [2.75, 3.05) is 12.8 Å². The van der Waals surface area contributed by atoms with E-state index in [2.05, 4.69) is 19.2 Å². The largest absolute Gasteiger partial charge is 0.314 e. The van der Waals surface area contributed by atoms with Crippen molar-refractivity contribution in [3.8, 4) is 0 Å². The summed E-state index contributed by atoms with van der Waals surface area (Å²) >= 11 is 0. The molecule has 0 aliphatic heterocycles. The minimum absolute atomic E-state index is 0.0719. The smallest absolute Gasteiger partial charge is 0.150 e. The highest BCUT2D eigenvalue weighted by Crippen LogP contribution is 2.76. The van der Waals surface area contributed by atoms with E-state index >= 15 is 0 Å². The third-order valence-electron chi connectivity index (χ3n) is 5.95. The highest BCUT2D eigenvalue weighted by atomic mass is 32.2. The van der Waals surface area contributed by atoms with Gasteiger partial charge in [0.15, 0.2) is 9.84 Å². The van der Waals surface area contributed by atoms with E-state index in [9.17, 15) is 8.42 Å². The van der Waals surface area contributed by atoms with E-state index in [1.807, 2.05) is 0 Å². The Kier molecular flexibility index (Phi) is 2.67. The van der Waals surface area contributed by atoms with Gasteiger partial charge in [-0.1, -0.05) is 20.3 Å². The quantitative estimate of drug-likeness (QED) is 0.850. The molecule has 0 aromatic heterocycles. The van der Waals surface area contributed by atoms with Crippen LogP contribution in [0.5, 0.6) is 0 Å². The molecule has 3 fully saturated rings. The number of hydrogen-bond donors (Lipinski definition) is 1. The molecule has 0 aromatic carbocycles. The van der Waals surface area contributed by atoms with Gasteiger partial charge in [0.1, 0.15) is 0 Å². The van der Waals surface area contributed by atoms with E-state index in [0.29, 0.717) is 5.92 Å². The molecule has 1 N–H and O–H groups in total. The zero-order valence-corrected chi connectivity index (χ0v) is 12.5. The van der Waals surface area contributed by atoms with Crippen LogP contribution < -0.4 is 5.32 Å². The first kappa shape index (κ1) is 12.9. The molecule has 104 valence electrons. The molecule has 3 saturated carbocycles. The Labute approximate surface area is 111 Å². The highest BCUT2D eigenvalue weighted by Gasteiger charge is 2.75. The molecular formula is C14H25NO2S. The second-order valence-corrected chi connectivity index (χ2v) is 9.44. The number of hydrogen-bond acceptors (Lipinski definition) is 3. The fraction of sp³-hybridized carbons (Fsp3) is 1.00. The second-order valence-electron chi connectivity index (χ2n) is 7.21. The first-order chi connectivity index (χ1) is 8.30. The monoisotopic (exact) mass is 271 g/mol. The van der Waals surface area contributed by atoms with Crippen molar-refractivity contribution < 1.29 is 8.42 Å². The van der Waals surface area contributed by atoms with Crippen molar-refractivity contribution in [1.29, 1.82) is 0 Å². The topological polar surface area (TPSA) is 46.2 Å². The molecule has 3 aliphatic rings. The van der Waals surface area contributed by atoms with Gasteiger partial charge < -0.3 is 5.32 Å².